The Balaban J connectivity index is 2.89. The smallest absolute Gasteiger partial charge is 0.382 e. The largest absolute Gasteiger partial charge is 0.418 e. The van der Waals surface area contributed by atoms with E-state index in [0.29, 0.717) is 4.47 Å². The van der Waals surface area contributed by atoms with E-state index in [1.165, 1.54) is 12.1 Å². The van der Waals surface area contributed by atoms with Crippen molar-refractivity contribution < 1.29 is 13.2 Å². The molecule has 1 unspecified atom stereocenters. The predicted octanol–water partition coefficient (Wildman–Crippen LogP) is 5.02. The van der Waals surface area contributed by atoms with E-state index in [4.69, 9.17) is 0 Å². The number of anilines is 1. The summed E-state index contributed by atoms with van der Waals surface area (Å²) in [6.45, 7) is 1.89. The van der Waals surface area contributed by atoms with Crippen LogP contribution in [0.3, 0.4) is 0 Å². The molecule has 1 aromatic carbocycles. The van der Waals surface area contributed by atoms with Crippen molar-refractivity contribution in [3.05, 3.63) is 28.2 Å². The summed E-state index contributed by atoms with van der Waals surface area (Å²) in [5.74, 6) is 0.920. The van der Waals surface area contributed by atoms with Crippen molar-refractivity contribution in [1.29, 1.82) is 0 Å². The lowest BCUT2D eigenvalue weighted by atomic mass is 10.1. The van der Waals surface area contributed by atoms with Crippen molar-refractivity contribution in [3.63, 3.8) is 0 Å². The molecule has 1 N–H and O–H groups in total. The quantitative estimate of drug-likeness (QED) is 0.806. The standard InChI is InChI=1S/C12H15BrF3NS/c1-8(5-6-18-2)17-11-7-9(13)3-4-10(11)12(14,15)16/h3-4,7-8,17H,5-6H2,1-2H3. The van der Waals surface area contributed by atoms with E-state index in [1.54, 1.807) is 11.8 Å². The highest BCUT2D eigenvalue weighted by Gasteiger charge is 2.33. The lowest BCUT2D eigenvalue weighted by Crippen LogP contribution is -2.19. The van der Waals surface area contributed by atoms with Gasteiger partial charge in [-0.25, -0.2) is 0 Å². The van der Waals surface area contributed by atoms with Gasteiger partial charge in [-0.05, 0) is 43.6 Å². The maximum Gasteiger partial charge on any atom is 0.418 e. The maximum absolute atomic E-state index is 12.8. The fourth-order valence-electron chi connectivity index (χ4n) is 1.52. The second-order valence-electron chi connectivity index (χ2n) is 4.01. The van der Waals surface area contributed by atoms with Crippen LogP contribution in [0.15, 0.2) is 22.7 Å². The molecule has 0 aliphatic carbocycles. The minimum absolute atomic E-state index is 0.00727. The molecule has 0 radical (unpaired) electrons. The zero-order valence-corrected chi connectivity index (χ0v) is 12.5. The Morgan fingerprint density at radius 2 is 2.06 bits per heavy atom. The van der Waals surface area contributed by atoms with E-state index >= 15 is 0 Å². The van der Waals surface area contributed by atoms with Crippen molar-refractivity contribution >= 4 is 33.4 Å². The Kier molecular flexibility index (Phi) is 5.85. The molecular weight excluding hydrogens is 327 g/mol. The van der Waals surface area contributed by atoms with Crippen molar-refractivity contribution in [3.8, 4) is 0 Å². The summed E-state index contributed by atoms with van der Waals surface area (Å²) in [4.78, 5) is 0. The number of rotatable bonds is 5. The Morgan fingerprint density at radius 1 is 1.39 bits per heavy atom. The molecule has 6 heteroatoms. The zero-order valence-electron chi connectivity index (χ0n) is 10.1. The molecule has 0 bridgehead atoms. The average molecular weight is 342 g/mol. The van der Waals surface area contributed by atoms with Gasteiger partial charge in [-0.15, -0.1) is 0 Å². The van der Waals surface area contributed by atoms with Crippen LogP contribution < -0.4 is 5.32 Å². The number of thioether (sulfide) groups is 1. The minimum Gasteiger partial charge on any atom is -0.382 e. The topological polar surface area (TPSA) is 12.0 Å². The van der Waals surface area contributed by atoms with Gasteiger partial charge in [0.05, 0.1) is 5.56 Å². The summed E-state index contributed by atoms with van der Waals surface area (Å²) in [5.41, 5.74) is -0.493. The fourth-order valence-corrected chi connectivity index (χ4v) is 2.47. The molecule has 0 saturated heterocycles. The third kappa shape index (κ3) is 4.72. The van der Waals surface area contributed by atoms with Crippen LogP contribution in [0.5, 0.6) is 0 Å². The normalized spacial score (nSPS) is 13.4. The summed E-state index contributed by atoms with van der Waals surface area (Å²) in [6.07, 6.45) is -1.53. The van der Waals surface area contributed by atoms with Gasteiger partial charge in [0, 0.05) is 16.2 Å². The van der Waals surface area contributed by atoms with Gasteiger partial charge in [-0.3, -0.25) is 0 Å². The molecule has 0 spiro atoms. The number of alkyl halides is 3. The molecule has 0 aromatic heterocycles. The molecule has 1 aromatic rings. The van der Waals surface area contributed by atoms with Gasteiger partial charge in [0.25, 0.3) is 0 Å². The molecule has 0 amide bonds. The van der Waals surface area contributed by atoms with E-state index in [0.717, 1.165) is 18.2 Å². The highest BCUT2D eigenvalue weighted by Crippen LogP contribution is 2.36. The van der Waals surface area contributed by atoms with Gasteiger partial charge in [-0.1, -0.05) is 15.9 Å². The molecule has 1 rings (SSSR count). The van der Waals surface area contributed by atoms with Gasteiger partial charge in [-0.2, -0.15) is 24.9 Å². The van der Waals surface area contributed by atoms with Crippen LogP contribution in [0.1, 0.15) is 18.9 Å². The van der Waals surface area contributed by atoms with Crippen LogP contribution in [0.4, 0.5) is 18.9 Å². The van der Waals surface area contributed by atoms with Crippen molar-refractivity contribution in [2.24, 2.45) is 0 Å². The fraction of sp³-hybridized carbons (Fsp3) is 0.500. The molecule has 102 valence electrons. The number of hydrogen-bond donors (Lipinski definition) is 1. The monoisotopic (exact) mass is 341 g/mol. The molecule has 1 nitrogen and oxygen atoms in total. The lowest BCUT2D eigenvalue weighted by Gasteiger charge is -2.19. The highest BCUT2D eigenvalue weighted by atomic mass is 79.9. The zero-order chi connectivity index (χ0) is 13.8. The van der Waals surface area contributed by atoms with E-state index in [1.807, 2.05) is 13.2 Å². The lowest BCUT2D eigenvalue weighted by molar-refractivity contribution is -0.137. The molecule has 1 atom stereocenters. The summed E-state index contributed by atoms with van der Waals surface area (Å²) in [6, 6.07) is 3.97. The summed E-state index contributed by atoms with van der Waals surface area (Å²) in [7, 11) is 0. The van der Waals surface area contributed by atoms with Gasteiger partial charge >= 0.3 is 6.18 Å². The molecule has 18 heavy (non-hydrogen) atoms. The van der Waals surface area contributed by atoms with E-state index in [9.17, 15) is 13.2 Å². The number of benzene rings is 1. The third-order valence-electron chi connectivity index (χ3n) is 2.44. The molecule has 0 fully saturated rings. The van der Waals surface area contributed by atoms with E-state index < -0.39 is 11.7 Å². The first-order valence-electron chi connectivity index (χ1n) is 5.47. The Bertz CT molecular complexity index is 395. The van der Waals surface area contributed by atoms with Crippen LogP contribution in [-0.4, -0.2) is 18.1 Å². The number of halogens is 4. The molecule has 0 saturated carbocycles. The molecule has 0 heterocycles. The van der Waals surface area contributed by atoms with Crippen LogP contribution in [0, 0.1) is 0 Å². The first-order valence-corrected chi connectivity index (χ1v) is 7.65. The van der Waals surface area contributed by atoms with Crippen molar-refractivity contribution in [2.75, 3.05) is 17.3 Å². The SMILES string of the molecule is CSCCC(C)Nc1cc(Br)ccc1C(F)(F)F. The van der Waals surface area contributed by atoms with E-state index in [-0.39, 0.29) is 11.7 Å². The second-order valence-corrected chi connectivity index (χ2v) is 5.92. The van der Waals surface area contributed by atoms with Crippen molar-refractivity contribution in [2.45, 2.75) is 25.6 Å². The third-order valence-corrected chi connectivity index (χ3v) is 3.58. The minimum atomic E-state index is -4.33. The predicted molar refractivity (Wildman–Crippen MR) is 75.2 cm³/mol. The van der Waals surface area contributed by atoms with Crippen LogP contribution >= 0.6 is 27.7 Å². The average Bonchev–Trinajstić information content (AvgIpc) is 2.24. The van der Waals surface area contributed by atoms with Crippen LogP contribution in [-0.2, 0) is 6.18 Å². The Morgan fingerprint density at radius 3 is 2.61 bits per heavy atom. The summed E-state index contributed by atoms with van der Waals surface area (Å²) >= 11 is 4.88. The Labute approximate surface area is 118 Å². The first kappa shape index (κ1) is 15.7. The number of hydrogen-bond acceptors (Lipinski definition) is 2. The summed E-state index contributed by atoms with van der Waals surface area (Å²) < 4.78 is 39.1. The number of nitrogens with one attached hydrogen (secondary N) is 1. The molecule has 0 aliphatic rings. The maximum atomic E-state index is 12.8. The Hall–Kier alpha value is -0.360. The van der Waals surface area contributed by atoms with Gasteiger partial charge in [0.1, 0.15) is 0 Å². The van der Waals surface area contributed by atoms with Crippen molar-refractivity contribution in [1.82, 2.24) is 0 Å². The highest BCUT2D eigenvalue weighted by molar-refractivity contribution is 9.10. The van der Waals surface area contributed by atoms with Crippen LogP contribution in [0.25, 0.3) is 0 Å². The van der Waals surface area contributed by atoms with Gasteiger partial charge in [0.15, 0.2) is 0 Å². The molecule has 0 aliphatic heterocycles. The molecular formula is C12H15BrF3NS. The summed E-state index contributed by atoms with van der Waals surface area (Å²) in [5, 5.41) is 2.93. The van der Waals surface area contributed by atoms with E-state index in [2.05, 4.69) is 21.2 Å². The van der Waals surface area contributed by atoms with Gasteiger partial charge < -0.3 is 5.32 Å². The van der Waals surface area contributed by atoms with Crippen LogP contribution in [0.2, 0.25) is 0 Å². The first-order chi connectivity index (χ1) is 8.34. The van der Waals surface area contributed by atoms with Gasteiger partial charge in [0.2, 0.25) is 0 Å². The second kappa shape index (κ2) is 6.70.